The Morgan fingerprint density at radius 2 is 1.54 bits per heavy atom. The van der Waals surface area contributed by atoms with Crippen molar-refractivity contribution in [3.8, 4) is 5.75 Å². The molecular formula is C32H28N3ORu. The van der Waals surface area contributed by atoms with Crippen LogP contribution in [-0.4, -0.2) is 16.1 Å². The predicted molar refractivity (Wildman–Crippen MR) is 150 cm³/mol. The first-order valence-electron chi connectivity index (χ1n) is 12.5. The van der Waals surface area contributed by atoms with E-state index in [1.807, 2.05) is 6.07 Å². The van der Waals surface area contributed by atoms with Gasteiger partial charge in [-0.05, 0) is 73.3 Å². The summed E-state index contributed by atoms with van der Waals surface area (Å²) in [5, 5.41) is 4.97. The van der Waals surface area contributed by atoms with Crippen LogP contribution in [0.2, 0.25) is 0 Å². The van der Waals surface area contributed by atoms with Crippen molar-refractivity contribution in [2.45, 2.75) is 33.9 Å². The van der Waals surface area contributed by atoms with Crippen LogP contribution in [0.15, 0.2) is 66.7 Å². The van der Waals surface area contributed by atoms with Crippen LogP contribution in [0.5, 0.6) is 5.75 Å². The molecule has 5 heteroatoms. The van der Waals surface area contributed by atoms with Gasteiger partial charge in [-0.1, -0.05) is 36.4 Å². The second kappa shape index (κ2) is 8.50. The molecule has 37 heavy (non-hydrogen) atoms. The van der Waals surface area contributed by atoms with Gasteiger partial charge in [-0.2, -0.15) is 18.2 Å². The Kier molecular flexibility index (Phi) is 5.47. The average Bonchev–Trinajstić information content (AvgIpc) is 3.36. The van der Waals surface area contributed by atoms with E-state index in [2.05, 4.69) is 114 Å². The Hall–Kier alpha value is -3.56. The van der Waals surface area contributed by atoms with Gasteiger partial charge in [0.15, 0.2) is 0 Å². The second-order valence-electron chi connectivity index (χ2n) is 9.89. The van der Waals surface area contributed by atoms with Crippen LogP contribution in [0.4, 0.5) is 5.69 Å². The van der Waals surface area contributed by atoms with Gasteiger partial charge in [0, 0.05) is 28.5 Å². The molecule has 185 valence electrons. The van der Waals surface area contributed by atoms with Crippen LogP contribution in [0.1, 0.15) is 29.8 Å². The molecule has 0 bridgehead atoms. The fourth-order valence-electron chi connectivity index (χ4n) is 6.18. The fraction of sp³-hybridized carbons (Fsp3) is 0.188. The van der Waals surface area contributed by atoms with Gasteiger partial charge in [-0.15, -0.1) is 10.8 Å². The molecule has 2 aromatic heterocycles. The van der Waals surface area contributed by atoms with E-state index in [1.54, 1.807) is 7.11 Å². The summed E-state index contributed by atoms with van der Waals surface area (Å²) in [5.41, 5.74) is 9.78. The molecule has 0 saturated heterocycles. The van der Waals surface area contributed by atoms with E-state index in [0.717, 1.165) is 22.5 Å². The molecule has 0 aliphatic carbocycles. The molecule has 0 amide bonds. The summed E-state index contributed by atoms with van der Waals surface area (Å²) in [4.78, 5) is 2.39. The number of aromatic nitrogens is 2. The van der Waals surface area contributed by atoms with E-state index in [4.69, 9.17) is 4.74 Å². The molecule has 1 aliphatic heterocycles. The third-order valence-corrected chi connectivity index (χ3v) is 8.12. The molecule has 1 radical (unpaired) electrons. The number of aryl methyl sites for hydroxylation is 2. The van der Waals surface area contributed by atoms with Gasteiger partial charge in [0.25, 0.3) is 0 Å². The van der Waals surface area contributed by atoms with Gasteiger partial charge in [0.05, 0.1) is 7.11 Å². The molecule has 0 spiro atoms. The Bertz CT molecular complexity index is 1950. The number of nitrogens with zero attached hydrogens (tertiary/aromatic N) is 3. The third-order valence-electron chi connectivity index (χ3n) is 8.12. The first kappa shape index (κ1) is 23.8. The van der Waals surface area contributed by atoms with Gasteiger partial charge in [0.1, 0.15) is 17.4 Å². The number of ether oxygens (including phenoxy) is 1. The molecule has 0 unspecified atom stereocenters. The van der Waals surface area contributed by atoms with E-state index in [-0.39, 0.29) is 25.6 Å². The summed E-state index contributed by atoms with van der Waals surface area (Å²) in [5.74, 6) is 0.905. The normalized spacial score (nSPS) is 14.8. The summed E-state index contributed by atoms with van der Waals surface area (Å²) in [6.07, 6.45) is 2.38. The third kappa shape index (κ3) is 3.10. The summed E-state index contributed by atoms with van der Waals surface area (Å²) in [7, 11) is 1.74. The first-order valence-corrected chi connectivity index (χ1v) is 12.5. The number of hydrogen-bond acceptors (Lipinski definition) is 2. The van der Waals surface area contributed by atoms with E-state index in [9.17, 15) is 0 Å². The smallest absolute Gasteiger partial charge is 0.496 e. The Morgan fingerprint density at radius 1 is 0.784 bits per heavy atom. The monoisotopic (exact) mass is 572 g/mol. The molecule has 0 saturated carbocycles. The zero-order valence-electron chi connectivity index (χ0n) is 21.6. The van der Waals surface area contributed by atoms with Crippen LogP contribution in [0, 0.1) is 26.8 Å². The minimum absolute atomic E-state index is 0. The summed E-state index contributed by atoms with van der Waals surface area (Å²) < 4.78 is 10.6. The number of rotatable bonds is 2. The molecular weight excluding hydrogens is 543 g/mol. The van der Waals surface area contributed by atoms with Crippen molar-refractivity contribution >= 4 is 50.0 Å². The SMILES string of the molecule is COc1cccc(N2C=c3n(c4c(C)c(C)ccc4c4c[c-]cc5c6ccccc6n3c45)[C@@H]2C)c1C.[Ru+]. The van der Waals surface area contributed by atoms with Crippen molar-refractivity contribution < 1.29 is 24.2 Å². The maximum absolute atomic E-state index is 5.68. The minimum atomic E-state index is 0. The van der Waals surface area contributed by atoms with Gasteiger partial charge >= 0.3 is 19.5 Å². The van der Waals surface area contributed by atoms with Crippen LogP contribution >= 0.6 is 0 Å². The Labute approximate surface area is 229 Å². The van der Waals surface area contributed by atoms with Gasteiger partial charge in [0.2, 0.25) is 0 Å². The number of methoxy groups -OCH3 is 1. The number of benzene rings is 4. The molecule has 6 aromatic rings. The van der Waals surface area contributed by atoms with Crippen molar-refractivity contribution in [2.24, 2.45) is 0 Å². The Morgan fingerprint density at radius 3 is 2.32 bits per heavy atom. The van der Waals surface area contributed by atoms with Gasteiger partial charge in [-0.3, -0.25) is 0 Å². The molecule has 0 fully saturated rings. The van der Waals surface area contributed by atoms with E-state index in [1.165, 1.54) is 49.2 Å². The number of fused-ring (bicyclic) bond motifs is 8. The summed E-state index contributed by atoms with van der Waals surface area (Å²) >= 11 is 0. The van der Waals surface area contributed by atoms with Crippen LogP contribution in [-0.2, 0) is 19.5 Å². The van der Waals surface area contributed by atoms with Crippen molar-refractivity contribution in [1.29, 1.82) is 0 Å². The molecule has 4 aromatic carbocycles. The van der Waals surface area contributed by atoms with Crippen molar-refractivity contribution in [2.75, 3.05) is 12.0 Å². The van der Waals surface area contributed by atoms with E-state index < -0.39 is 0 Å². The van der Waals surface area contributed by atoms with Crippen LogP contribution < -0.4 is 15.1 Å². The van der Waals surface area contributed by atoms with E-state index >= 15 is 0 Å². The molecule has 1 aliphatic rings. The topological polar surface area (TPSA) is 21.8 Å². The molecule has 4 nitrogen and oxygen atoms in total. The fourth-order valence-corrected chi connectivity index (χ4v) is 6.18. The maximum Gasteiger partial charge on any atom is 1.00 e. The molecule has 3 heterocycles. The molecule has 7 rings (SSSR count). The number of anilines is 1. The number of hydrogen-bond donors (Lipinski definition) is 0. The van der Waals surface area contributed by atoms with Gasteiger partial charge in [-0.25, -0.2) is 0 Å². The van der Waals surface area contributed by atoms with Crippen molar-refractivity contribution in [1.82, 2.24) is 8.97 Å². The Balaban J connectivity index is 0.00000252. The maximum atomic E-state index is 5.68. The van der Waals surface area contributed by atoms with Crippen molar-refractivity contribution in [3.05, 3.63) is 95.0 Å². The predicted octanol–water partition coefficient (Wildman–Crippen LogP) is 6.99. The quantitative estimate of drug-likeness (QED) is 0.165. The largest absolute Gasteiger partial charge is 1.00 e. The average molecular weight is 572 g/mol. The zero-order valence-corrected chi connectivity index (χ0v) is 23.3. The first-order chi connectivity index (χ1) is 17.5. The zero-order chi connectivity index (χ0) is 24.7. The van der Waals surface area contributed by atoms with E-state index in [0.29, 0.717) is 0 Å². The summed E-state index contributed by atoms with van der Waals surface area (Å²) in [6, 6.07) is 27.3. The second-order valence-corrected chi connectivity index (χ2v) is 9.89. The summed E-state index contributed by atoms with van der Waals surface area (Å²) in [6.45, 7) is 8.89. The standard InChI is InChI=1S/C32H28N3O.Ru/c1-19-16-17-26-25-12-8-11-24-23-10-6-7-13-28(23)35(32(24)25)30-18-33(22(4)34(30)31(26)20(19)2)27-14-9-15-29(36-5)21(27)3;/h6-7,9-18,22H,1-5H3;/q-1;+1/t22-;/m1./s1. The van der Waals surface area contributed by atoms with Crippen LogP contribution in [0.25, 0.3) is 44.3 Å². The molecule has 1 atom stereocenters. The van der Waals surface area contributed by atoms with Gasteiger partial charge < -0.3 is 18.6 Å². The minimum Gasteiger partial charge on any atom is -0.496 e. The van der Waals surface area contributed by atoms with Crippen molar-refractivity contribution in [3.63, 3.8) is 0 Å². The number of para-hydroxylation sites is 1. The van der Waals surface area contributed by atoms with Crippen LogP contribution in [0.3, 0.4) is 0 Å². The molecule has 0 N–H and O–H groups in total.